The smallest absolute Gasteiger partial charge is 0.340 e. The first-order chi connectivity index (χ1) is 11.3. The number of hydrogen-bond donors (Lipinski definition) is 1. The number of H-pyrrole nitrogens is 1. The van der Waals surface area contributed by atoms with Gasteiger partial charge in [-0.15, -0.1) is 0 Å². The van der Waals surface area contributed by atoms with Gasteiger partial charge in [0.1, 0.15) is 0 Å². The lowest BCUT2D eigenvalue weighted by atomic mass is 10.0. The molecular weight excluding hydrogens is 310 g/mol. The third kappa shape index (κ3) is 3.84. The zero-order valence-corrected chi connectivity index (χ0v) is 14.8. The molecule has 0 aromatic carbocycles. The minimum atomic E-state index is -0.468. The minimum absolute atomic E-state index is 0.0580. The van der Waals surface area contributed by atoms with Gasteiger partial charge in [-0.25, -0.2) is 4.79 Å². The molecule has 1 aromatic rings. The number of hydrogen-bond acceptors (Lipinski definition) is 5. The molecule has 0 bridgehead atoms. The molecule has 1 fully saturated rings. The first-order valence-electron chi connectivity index (χ1n) is 8.22. The van der Waals surface area contributed by atoms with E-state index in [0.717, 1.165) is 0 Å². The van der Waals surface area contributed by atoms with Crippen molar-refractivity contribution in [3.8, 4) is 0 Å². The normalized spacial score (nSPS) is 15.4. The van der Waals surface area contributed by atoms with Gasteiger partial charge in [0.05, 0.1) is 24.3 Å². The maximum Gasteiger partial charge on any atom is 0.340 e. The second-order valence-corrected chi connectivity index (χ2v) is 6.05. The summed E-state index contributed by atoms with van der Waals surface area (Å²) in [4.78, 5) is 43.1. The van der Waals surface area contributed by atoms with Gasteiger partial charge < -0.3 is 14.6 Å². The number of aromatic amines is 1. The van der Waals surface area contributed by atoms with Crippen LogP contribution in [0, 0.1) is 13.8 Å². The van der Waals surface area contributed by atoms with Gasteiger partial charge in [0.25, 0.3) is 0 Å². The molecule has 0 atom stereocenters. The number of carbonyl (C=O) groups is 3. The standard InChI is InChI=1S/C17H25N3O4/c1-5-24-17(23)16-12(3)18-11(2)15(16)14(22)10-19-6-8-20(9-7-19)13(4)21/h18H,5-10H2,1-4H3. The van der Waals surface area contributed by atoms with E-state index in [1.165, 1.54) is 0 Å². The maximum absolute atomic E-state index is 12.7. The Labute approximate surface area is 141 Å². The van der Waals surface area contributed by atoms with Crippen molar-refractivity contribution < 1.29 is 19.1 Å². The number of carbonyl (C=O) groups excluding carboxylic acids is 3. The molecule has 2 rings (SSSR count). The molecule has 7 heteroatoms. The van der Waals surface area contributed by atoms with Crippen molar-refractivity contribution in [1.82, 2.24) is 14.8 Å². The second kappa shape index (κ2) is 7.61. The molecule has 1 N–H and O–H groups in total. The molecule has 1 amide bonds. The number of Topliss-reactive ketones (excluding diaryl/α,β-unsaturated/α-hetero) is 1. The van der Waals surface area contributed by atoms with E-state index in [-0.39, 0.29) is 24.8 Å². The molecule has 0 saturated carbocycles. The highest BCUT2D eigenvalue weighted by molar-refractivity contribution is 6.09. The zero-order chi connectivity index (χ0) is 17.9. The summed E-state index contributed by atoms with van der Waals surface area (Å²) in [6.45, 7) is 9.90. The number of nitrogens with zero attached hydrogens (tertiary/aromatic N) is 2. The highest BCUT2D eigenvalue weighted by Crippen LogP contribution is 2.21. The van der Waals surface area contributed by atoms with Gasteiger partial charge in [-0.3, -0.25) is 14.5 Å². The molecule has 1 saturated heterocycles. The first-order valence-corrected chi connectivity index (χ1v) is 8.22. The fourth-order valence-electron chi connectivity index (χ4n) is 3.09. The van der Waals surface area contributed by atoms with Crippen LogP contribution in [0.2, 0.25) is 0 Å². The molecule has 0 unspecified atom stereocenters. The third-order valence-corrected chi connectivity index (χ3v) is 4.32. The molecular formula is C17H25N3O4. The van der Waals surface area contributed by atoms with Crippen molar-refractivity contribution in [2.24, 2.45) is 0 Å². The Balaban J connectivity index is 2.10. The molecule has 0 radical (unpaired) electrons. The van der Waals surface area contributed by atoms with E-state index in [9.17, 15) is 14.4 Å². The van der Waals surface area contributed by atoms with Crippen molar-refractivity contribution in [3.63, 3.8) is 0 Å². The minimum Gasteiger partial charge on any atom is -0.462 e. The topological polar surface area (TPSA) is 82.7 Å². The monoisotopic (exact) mass is 335 g/mol. The quantitative estimate of drug-likeness (QED) is 0.645. The van der Waals surface area contributed by atoms with Crippen LogP contribution >= 0.6 is 0 Å². The molecule has 1 aliphatic rings. The predicted molar refractivity (Wildman–Crippen MR) is 89.2 cm³/mol. The number of esters is 1. The summed E-state index contributed by atoms with van der Waals surface area (Å²) in [5, 5.41) is 0. The molecule has 2 heterocycles. The summed E-state index contributed by atoms with van der Waals surface area (Å²) in [5.74, 6) is -0.511. The van der Waals surface area contributed by atoms with Crippen molar-refractivity contribution in [2.75, 3.05) is 39.3 Å². The van der Waals surface area contributed by atoms with Gasteiger partial charge >= 0.3 is 5.97 Å². The van der Waals surface area contributed by atoms with Gasteiger partial charge in [0, 0.05) is 44.5 Å². The van der Waals surface area contributed by atoms with Crippen LogP contribution in [-0.4, -0.2) is 71.8 Å². The number of rotatable bonds is 5. The lowest BCUT2D eigenvalue weighted by Crippen LogP contribution is -2.49. The number of nitrogens with one attached hydrogen (secondary N) is 1. The van der Waals surface area contributed by atoms with Crippen molar-refractivity contribution >= 4 is 17.7 Å². The molecule has 7 nitrogen and oxygen atoms in total. The zero-order valence-electron chi connectivity index (χ0n) is 14.8. The third-order valence-electron chi connectivity index (χ3n) is 4.32. The summed E-state index contributed by atoms with van der Waals surface area (Å²) in [7, 11) is 0. The van der Waals surface area contributed by atoms with Gasteiger partial charge in [-0.05, 0) is 20.8 Å². The highest BCUT2D eigenvalue weighted by Gasteiger charge is 2.27. The average Bonchev–Trinajstić information content (AvgIpc) is 2.82. The van der Waals surface area contributed by atoms with Crippen LogP contribution < -0.4 is 0 Å². The number of aryl methyl sites for hydroxylation is 2. The summed E-state index contributed by atoms with van der Waals surface area (Å²) >= 11 is 0. The van der Waals surface area contributed by atoms with Gasteiger partial charge in [-0.2, -0.15) is 0 Å². The fraction of sp³-hybridized carbons (Fsp3) is 0.588. The van der Waals surface area contributed by atoms with E-state index in [1.54, 1.807) is 32.6 Å². The highest BCUT2D eigenvalue weighted by atomic mass is 16.5. The molecule has 132 valence electrons. The SMILES string of the molecule is CCOC(=O)c1c(C)[nH]c(C)c1C(=O)CN1CCN(C(C)=O)CC1. The maximum atomic E-state index is 12.7. The van der Waals surface area contributed by atoms with Crippen molar-refractivity contribution in [1.29, 1.82) is 0 Å². The summed E-state index contributed by atoms with van der Waals surface area (Å²) in [5.41, 5.74) is 2.08. The van der Waals surface area contributed by atoms with Gasteiger partial charge in [-0.1, -0.05) is 0 Å². The molecule has 24 heavy (non-hydrogen) atoms. The lowest BCUT2D eigenvalue weighted by Gasteiger charge is -2.33. The van der Waals surface area contributed by atoms with Crippen molar-refractivity contribution in [3.05, 3.63) is 22.5 Å². The van der Waals surface area contributed by atoms with Crippen LogP contribution in [0.3, 0.4) is 0 Å². The van der Waals surface area contributed by atoms with Gasteiger partial charge in [0.2, 0.25) is 5.91 Å². The lowest BCUT2D eigenvalue weighted by molar-refractivity contribution is -0.130. The number of piperazine rings is 1. The molecule has 0 aliphatic carbocycles. The first kappa shape index (κ1) is 18.2. The Kier molecular flexibility index (Phi) is 5.77. The number of amides is 1. The van der Waals surface area contributed by atoms with Crippen LogP contribution in [0.1, 0.15) is 46.0 Å². The average molecular weight is 335 g/mol. The van der Waals surface area contributed by atoms with E-state index < -0.39 is 5.97 Å². The largest absolute Gasteiger partial charge is 0.462 e. The Morgan fingerprint density at radius 2 is 1.62 bits per heavy atom. The Hall–Kier alpha value is -2.15. The van der Waals surface area contributed by atoms with E-state index in [1.807, 2.05) is 4.90 Å². The van der Waals surface area contributed by atoms with E-state index in [2.05, 4.69) is 4.98 Å². The van der Waals surface area contributed by atoms with Crippen LogP contribution in [0.25, 0.3) is 0 Å². The van der Waals surface area contributed by atoms with Crippen LogP contribution in [0.15, 0.2) is 0 Å². The number of ether oxygens (including phenoxy) is 1. The van der Waals surface area contributed by atoms with Crippen LogP contribution in [-0.2, 0) is 9.53 Å². The Bertz CT molecular complexity index is 643. The van der Waals surface area contributed by atoms with Gasteiger partial charge in [0.15, 0.2) is 5.78 Å². The van der Waals surface area contributed by atoms with E-state index in [0.29, 0.717) is 48.7 Å². The Morgan fingerprint density at radius 1 is 1.04 bits per heavy atom. The molecule has 1 aliphatic heterocycles. The summed E-state index contributed by atoms with van der Waals surface area (Å²) in [6.07, 6.45) is 0. The van der Waals surface area contributed by atoms with Crippen LogP contribution in [0.5, 0.6) is 0 Å². The number of ketones is 1. The molecule has 0 spiro atoms. The Morgan fingerprint density at radius 3 is 2.17 bits per heavy atom. The fourth-order valence-corrected chi connectivity index (χ4v) is 3.09. The predicted octanol–water partition coefficient (Wildman–Crippen LogP) is 1.16. The number of aromatic nitrogens is 1. The van der Waals surface area contributed by atoms with E-state index in [4.69, 9.17) is 4.74 Å². The van der Waals surface area contributed by atoms with Crippen molar-refractivity contribution in [2.45, 2.75) is 27.7 Å². The summed E-state index contributed by atoms with van der Waals surface area (Å²) < 4.78 is 5.07. The van der Waals surface area contributed by atoms with E-state index >= 15 is 0 Å². The molecule has 1 aromatic heterocycles. The van der Waals surface area contributed by atoms with Crippen LogP contribution in [0.4, 0.5) is 0 Å². The second-order valence-electron chi connectivity index (χ2n) is 6.05. The summed E-state index contributed by atoms with van der Waals surface area (Å²) in [6, 6.07) is 0.